The second-order valence-corrected chi connectivity index (χ2v) is 7.49. The first kappa shape index (κ1) is 16.7. The average Bonchev–Trinajstić information content (AvgIpc) is 3.19. The van der Waals surface area contributed by atoms with Crippen molar-refractivity contribution in [3.63, 3.8) is 0 Å². The second-order valence-electron chi connectivity index (χ2n) is 7.49. The maximum absolute atomic E-state index is 12.8. The van der Waals surface area contributed by atoms with Gasteiger partial charge in [-0.2, -0.15) is 0 Å². The Morgan fingerprint density at radius 3 is 2.50 bits per heavy atom. The summed E-state index contributed by atoms with van der Waals surface area (Å²) in [6.45, 7) is 2.22. The summed E-state index contributed by atoms with van der Waals surface area (Å²) in [5.74, 6) is -1.38. The lowest BCUT2D eigenvalue weighted by atomic mass is 9.87. The molecule has 3 aromatic rings. The van der Waals surface area contributed by atoms with Crippen molar-refractivity contribution in [2.24, 2.45) is 5.92 Å². The maximum atomic E-state index is 12.8. The molecule has 0 bridgehead atoms. The number of amides is 2. The molecule has 28 heavy (non-hydrogen) atoms. The van der Waals surface area contributed by atoms with Crippen LogP contribution in [0.25, 0.3) is 10.9 Å². The first-order valence-electron chi connectivity index (χ1n) is 9.37. The van der Waals surface area contributed by atoms with E-state index in [-0.39, 0.29) is 11.1 Å². The fraction of sp³-hybridized carbons (Fsp3) is 0.227. The Kier molecular flexibility index (Phi) is 3.62. The van der Waals surface area contributed by atoms with Gasteiger partial charge in [-0.05, 0) is 48.9 Å². The molecule has 0 fully saturated rings. The van der Waals surface area contributed by atoms with E-state index < -0.39 is 17.8 Å². The quantitative estimate of drug-likeness (QED) is 0.694. The summed E-state index contributed by atoms with van der Waals surface area (Å²) in [6, 6.07) is 11.9. The van der Waals surface area contributed by atoms with Crippen LogP contribution in [0, 0.1) is 5.92 Å². The molecular weight excluding hydrogens is 356 g/mol. The van der Waals surface area contributed by atoms with Gasteiger partial charge in [0.05, 0.1) is 22.2 Å². The molecule has 0 saturated heterocycles. The highest BCUT2D eigenvalue weighted by Crippen LogP contribution is 2.33. The van der Waals surface area contributed by atoms with Crippen molar-refractivity contribution in [2.45, 2.75) is 26.2 Å². The predicted molar refractivity (Wildman–Crippen MR) is 102 cm³/mol. The van der Waals surface area contributed by atoms with Crippen LogP contribution in [0.5, 0.6) is 0 Å². The van der Waals surface area contributed by atoms with Gasteiger partial charge < -0.3 is 9.82 Å². The number of hydrogen-bond acceptors (Lipinski definition) is 4. The average molecular weight is 374 g/mol. The van der Waals surface area contributed by atoms with E-state index >= 15 is 0 Å². The Bertz CT molecular complexity index is 1130. The number of carbonyl (C=O) groups excluding carboxylic acids is 3. The molecular formula is C22H18N2O4. The molecule has 2 heterocycles. The van der Waals surface area contributed by atoms with Crippen LogP contribution < -0.4 is 0 Å². The molecule has 1 aliphatic carbocycles. The minimum Gasteiger partial charge on any atom is -0.357 e. The van der Waals surface area contributed by atoms with Crippen LogP contribution in [0.1, 0.15) is 55.7 Å². The lowest BCUT2D eigenvalue weighted by Crippen LogP contribution is -2.32. The summed E-state index contributed by atoms with van der Waals surface area (Å²) in [5, 5.41) is 1.55. The lowest BCUT2D eigenvalue weighted by Gasteiger charge is -2.17. The standard InChI is InChI=1S/C22H18N2O4/c1-12-9-10-18-17(11-12)13-7-4-8-16(19(13)23-18)22(27)28-24-20(25)14-5-2-3-6-15(14)21(24)26/h2-8,12,23H,9-11H2,1H3. The largest absolute Gasteiger partial charge is 0.366 e. The molecule has 0 spiro atoms. The van der Waals surface area contributed by atoms with Crippen molar-refractivity contribution >= 4 is 28.7 Å². The Morgan fingerprint density at radius 1 is 1.07 bits per heavy atom. The zero-order chi connectivity index (χ0) is 19.4. The number of nitrogens with one attached hydrogen (secondary N) is 1. The molecule has 6 nitrogen and oxygen atoms in total. The Labute approximate surface area is 161 Å². The van der Waals surface area contributed by atoms with E-state index in [1.54, 1.807) is 36.4 Å². The van der Waals surface area contributed by atoms with Gasteiger partial charge in [-0.3, -0.25) is 9.59 Å². The Balaban J connectivity index is 1.49. The molecule has 2 aromatic carbocycles. The fourth-order valence-corrected chi connectivity index (χ4v) is 4.17. The van der Waals surface area contributed by atoms with Gasteiger partial charge in [0.25, 0.3) is 11.8 Å². The van der Waals surface area contributed by atoms with Gasteiger partial charge in [0.15, 0.2) is 0 Å². The summed E-state index contributed by atoms with van der Waals surface area (Å²) in [6.07, 6.45) is 3.01. The number of aryl methyl sites for hydroxylation is 1. The monoisotopic (exact) mass is 374 g/mol. The first-order chi connectivity index (χ1) is 13.5. The SMILES string of the molecule is CC1CCc2[nH]c3c(C(=O)ON4C(=O)c5ccccc5C4=O)cccc3c2C1. The molecule has 0 saturated carbocycles. The fourth-order valence-electron chi connectivity index (χ4n) is 4.17. The first-order valence-corrected chi connectivity index (χ1v) is 9.37. The number of hydroxylamine groups is 2. The zero-order valence-corrected chi connectivity index (χ0v) is 15.3. The van der Waals surface area contributed by atoms with Crippen LogP contribution in [0.3, 0.4) is 0 Å². The number of aromatic nitrogens is 1. The molecule has 0 radical (unpaired) electrons. The number of rotatable bonds is 2. The van der Waals surface area contributed by atoms with Gasteiger partial charge >= 0.3 is 5.97 Å². The van der Waals surface area contributed by atoms with E-state index in [0.717, 1.165) is 30.3 Å². The summed E-state index contributed by atoms with van der Waals surface area (Å²) in [5.41, 5.74) is 3.88. The van der Waals surface area contributed by atoms with Crippen LogP contribution in [-0.4, -0.2) is 27.8 Å². The van der Waals surface area contributed by atoms with E-state index in [2.05, 4.69) is 11.9 Å². The molecule has 140 valence electrons. The lowest BCUT2D eigenvalue weighted by molar-refractivity contribution is -0.0583. The van der Waals surface area contributed by atoms with Gasteiger partial charge in [0.1, 0.15) is 0 Å². The van der Waals surface area contributed by atoms with E-state index in [1.165, 1.54) is 5.56 Å². The molecule has 6 heteroatoms. The molecule has 5 rings (SSSR count). The van der Waals surface area contributed by atoms with E-state index in [1.807, 2.05) is 6.07 Å². The minimum atomic E-state index is -0.730. The van der Waals surface area contributed by atoms with Crippen LogP contribution >= 0.6 is 0 Å². The summed E-state index contributed by atoms with van der Waals surface area (Å²) < 4.78 is 0. The Hall–Kier alpha value is -3.41. The number of hydrogen-bond donors (Lipinski definition) is 1. The molecule has 1 N–H and O–H groups in total. The van der Waals surface area contributed by atoms with E-state index in [9.17, 15) is 14.4 Å². The van der Waals surface area contributed by atoms with Crippen molar-refractivity contribution in [3.8, 4) is 0 Å². The number of H-pyrrole nitrogens is 1. The van der Waals surface area contributed by atoms with E-state index in [4.69, 9.17) is 4.84 Å². The normalized spacial score (nSPS) is 18.3. The topological polar surface area (TPSA) is 79.5 Å². The van der Waals surface area contributed by atoms with Crippen LogP contribution in [0.15, 0.2) is 42.5 Å². The molecule has 1 atom stereocenters. The van der Waals surface area contributed by atoms with Crippen molar-refractivity contribution < 1.29 is 19.2 Å². The highest BCUT2D eigenvalue weighted by Gasteiger charge is 2.39. The van der Waals surface area contributed by atoms with Gasteiger partial charge in [0.2, 0.25) is 0 Å². The molecule has 1 aliphatic heterocycles. The van der Waals surface area contributed by atoms with Gasteiger partial charge in [0, 0.05) is 11.1 Å². The smallest absolute Gasteiger partial charge is 0.357 e. The van der Waals surface area contributed by atoms with Gasteiger partial charge in [-0.25, -0.2) is 4.79 Å². The zero-order valence-electron chi connectivity index (χ0n) is 15.3. The number of imide groups is 1. The van der Waals surface area contributed by atoms with Crippen molar-refractivity contribution in [1.29, 1.82) is 0 Å². The van der Waals surface area contributed by atoms with Gasteiger partial charge in [-0.1, -0.05) is 36.3 Å². The Morgan fingerprint density at radius 2 is 1.79 bits per heavy atom. The van der Waals surface area contributed by atoms with Crippen LogP contribution in [-0.2, 0) is 17.7 Å². The number of benzene rings is 2. The maximum Gasteiger partial charge on any atom is 0.366 e. The minimum absolute atomic E-state index is 0.239. The molecule has 2 aliphatic rings. The summed E-state index contributed by atoms with van der Waals surface area (Å²) in [7, 11) is 0. The number of carbonyl (C=O) groups is 3. The molecule has 1 unspecified atom stereocenters. The van der Waals surface area contributed by atoms with Crippen LogP contribution in [0.4, 0.5) is 0 Å². The van der Waals surface area contributed by atoms with Crippen molar-refractivity contribution in [1.82, 2.24) is 10.0 Å². The van der Waals surface area contributed by atoms with Gasteiger partial charge in [-0.15, -0.1) is 0 Å². The third kappa shape index (κ3) is 2.37. The van der Waals surface area contributed by atoms with Crippen molar-refractivity contribution in [2.75, 3.05) is 0 Å². The highest BCUT2D eigenvalue weighted by atomic mass is 16.7. The number of aromatic amines is 1. The van der Waals surface area contributed by atoms with Crippen molar-refractivity contribution in [3.05, 3.63) is 70.4 Å². The molecule has 1 aromatic heterocycles. The summed E-state index contributed by atoms with van der Waals surface area (Å²) >= 11 is 0. The van der Waals surface area contributed by atoms with Crippen LogP contribution in [0.2, 0.25) is 0 Å². The number of nitrogens with zero attached hydrogens (tertiary/aromatic N) is 1. The predicted octanol–water partition coefficient (Wildman–Crippen LogP) is 3.66. The molecule has 2 amide bonds. The second kappa shape index (κ2) is 6.05. The third-order valence-electron chi connectivity index (χ3n) is 5.62. The van der Waals surface area contributed by atoms with E-state index in [0.29, 0.717) is 22.1 Å². The summed E-state index contributed by atoms with van der Waals surface area (Å²) in [4.78, 5) is 46.4. The third-order valence-corrected chi connectivity index (χ3v) is 5.62. The number of fused-ring (bicyclic) bond motifs is 4. The highest BCUT2D eigenvalue weighted by molar-refractivity contribution is 6.21. The number of para-hydroxylation sites is 1.